The number of rotatable bonds is 5. The monoisotopic (exact) mass is 255 g/mol. The lowest BCUT2D eigenvalue weighted by molar-refractivity contribution is 0.307. The lowest BCUT2D eigenvalue weighted by Gasteiger charge is -2.24. The Hall–Kier alpha value is -0.990. The number of nitrogens with zero attached hydrogens (tertiary/aromatic N) is 1. The highest BCUT2D eigenvalue weighted by molar-refractivity contribution is 7.52. The molecule has 17 heavy (non-hydrogen) atoms. The average molecular weight is 255 g/mol. The average Bonchev–Trinajstić information content (AvgIpc) is 2.66. The van der Waals surface area contributed by atoms with Crippen LogP contribution in [0.15, 0.2) is 24.3 Å². The van der Waals surface area contributed by atoms with E-state index < -0.39 is 7.75 Å². The molecule has 0 aromatic heterocycles. The summed E-state index contributed by atoms with van der Waals surface area (Å²) in [4.78, 5) is 0. The van der Waals surface area contributed by atoms with Crippen molar-refractivity contribution in [3.05, 3.63) is 24.3 Å². The van der Waals surface area contributed by atoms with E-state index in [1.165, 1.54) is 0 Å². The van der Waals surface area contributed by atoms with E-state index in [1.54, 1.807) is 12.1 Å². The van der Waals surface area contributed by atoms with Crippen molar-refractivity contribution in [2.45, 2.75) is 26.7 Å². The number of hydrogen-bond donors (Lipinski definition) is 0. The first-order valence-corrected chi connectivity index (χ1v) is 7.53. The van der Waals surface area contributed by atoms with Crippen LogP contribution in [-0.2, 0) is 4.57 Å². The standard InChI is InChI=1S/C12H18NO3P/c1-3-9-13(10-4-2)17(14)15-11-7-5-6-8-12(11)16-17/h5-8H,3-4,9-10H2,1-2H3. The second-order valence-electron chi connectivity index (χ2n) is 4.05. The molecule has 0 saturated carbocycles. The second kappa shape index (κ2) is 5.11. The van der Waals surface area contributed by atoms with Gasteiger partial charge >= 0.3 is 7.75 Å². The molecule has 0 spiro atoms. The zero-order valence-corrected chi connectivity index (χ0v) is 11.2. The van der Waals surface area contributed by atoms with Crippen molar-refractivity contribution in [2.24, 2.45) is 0 Å². The summed E-state index contributed by atoms with van der Waals surface area (Å²) in [6.07, 6.45) is 1.85. The minimum Gasteiger partial charge on any atom is -0.400 e. The van der Waals surface area contributed by atoms with Crippen LogP contribution in [0.2, 0.25) is 0 Å². The summed E-state index contributed by atoms with van der Waals surface area (Å²) >= 11 is 0. The molecule has 0 aliphatic carbocycles. The van der Waals surface area contributed by atoms with Gasteiger partial charge in [0.1, 0.15) is 0 Å². The van der Waals surface area contributed by atoms with Crippen LogP contribution in [0.25, 0.3) is 0 Å². The third kappa shape index (κ3) is 2.48. The molecule has 0 bridgehead atoms. The van der Waals surface area contributed by atoms with E-state index in [1.807, 2.05) is 16.8 Å². The molecule has 94 valence electrons. The summed E-state index contributed by atoms with van der Waals surface area (Å²) in [6, 6.07) is 7.26. The van der Waals surface area contributed by atoms with E-state index in [0.29, 0.717) is 11.5 Å². The highest BCUT2D eigenvalue weighted by Crippen LogP contribution is 2.60. The van der Waals surface area contributed by atoms with Gasteiger partial charge in [0.15, 0.2) is 11.5 Å². The van der Waals surface area contributed by atoms with Crippen molar-refractivity contribution in [1.29, 1.82) is 0 Å². The molecular weight excluding hydrogens is 237 g/mol. The fourth-order valence-electron chi connectivity index (χ4n) is 1.86. The maximum atomic E-state index is 12.6. The number of hydrogen-bond acceptors (Lipinski definition) is 3. The van der Waals surface area contributed by atoms with Crippen LogP contribution in [-0.4, -0.2) is 17.8 Å². The molecular formula is C12H18NO3P. The van der Waals surface area contributed by atoms with Crippen LogP contribution in [0.4, 0.5) is 0 Å². The molecule has 0 N–H and O–H groups in total. The topological polar surface area (TPSA) is 38.8 Å². The zero-order chi connectivity index (χ0) is 12.3. The van der Waals surface area contributed by atoms with E-state index in [2.05, 4.69) is 13.8 Å². The van der Waals surface area contributed by atoms with Crippen molar-refractivity contribution in [1.82, 2.24) is 4.67 Å². The van der Waals surface area contributed by atoms with Gasteiger partial charge in [0, 0.05) is 13.1 Å². The van der Waals surface area contributed by atoms with Crippen molar-refractivity contribution in [2.75, 3.05) is 13.1 Å². The molecule has 0 fully saturated rings. The van der Waals surface area contributed by atoms with E-state index in [9.17, 15) is 4.57 Å². The van der Waals surface area contributed by atoms with Crippen LogP contribution in [0, 0.1) is 0 Å². The van der Waals surface area contributed by atoms with Gasteiger partial charge in [-0.05, 0) is 25.0 Å². The Balaban J connectivity index is 2.19. The van der Waals surface area contributed by atoms with Gasteiger partial charge in [0.2, 0.25) is 0 Å². The molecule has 0 radical (unpaired) electrons. The maximum absolute atomic E-state index is 12.6. The summed E-state index contributed by atoms with van der Waals surface area (Å²) < 4.78 is 25.5. The molecule has 5 heteroatoms. The number of para-hydroxylation sites is 2. The first-order valence-electron chi connectivity index (χ1n) is 6.03. The lowest BCUT2D eigenvalue weighted by Crippen LogP contribution is -2.25. The molecule has 0 saturated heterocycles. The largest absolute Gasteiger partial charge is 0.515 e. The first kappa shape index (κ1) is 12.5. The Bertz CT molecular complexity index is 401. The summed E-state index contributed by atoms with van der Waals surface area (Å²) in [7, 11) is -3.16. The van der Waals surface area contributed by atoms with Crippen LogP contribution in [0.3, 0.4) is 0 Å². The smallest absolute Gasteiger partial charge is 0.400 e. The normalized spacial score (nSPS) is 16.4. The molecule has 0 atom stereocenters. The van der Waals surface area contributed by atoms with Crippen molar-refractivity contribution in [3.63, 3.8) is 0 Å². The lowest BCUT2D eigenvalue weighted by atomic mass is 10.3. The van der Waals surface area contributed by atoms with Gasteiger partial charge in [-0.25, -0.2) is 4.57 Å². The Kier molecular flexibility index (Phi) is 3.75. The van der Waals surface area contributed by atoms with Gasteiger partial charge in [-0.15, -0.1) is 0 Å². The maximum Gasteiger partial charge on any atom is 0.515 e. The molecule has 4 nitrogen and oxygen atoms in total. The molecule has 1 heterocycles. The van der Waals surface area contributed by atoms with Gasteiger partial charge in [-0.1, -0.05) is 26.0 Å². The van der Waals surface area contributed by atoms with Crippen LogP contribution < -0.4 is 9.05 Å². The zero-order valence-electron chi connectivity index (χ0n) is 10.3. The Morgan fingerprint density at radius 3 is 1.94 bits per heavy atom. The Morgan fingerprint density at radius 2 is 1.53 bits per heavy atom. The molecule has 1 aliphatic heterocycles. The predicted molar refractivity (Wildman–Crippen MR) is 67.5 cm³/mol. The van der Waals surface area contributed by atoms with Crippen molar-refractivity contribution < 1.29 is 13.6 Å². The fraction of sp³-hybridized carbons (Fsp3) is 0.500. The van der Waals surface area contributed by atoms with E-state index in [-0.39, 0.29) is 0 Å². The number of benzene rings is 1. The van der Waals surface area contributed by atoms with Crippen molar-refractivity contribution in [3.8, 4) is 11.5 Å². The highest BCUT2D eigenvalue weighted by atomic mass is 31.2. The number of fused-ring (bicyclic) bond motifs is 1. The third-order valence-electron chi connectivity index (χ3n) is 2.59. The van der Waals surface area contributed by atoms with E-state index >= 15 is 0 Å². The molecule has 1 aliphatic rings. The first-order chi connectivity index (χ1) is 8.19. The Morgan fingerprint density at radius 1 is 1.06 bits per heavy atom. The summed E-state index contributed by atoms with van der Waals surface area (Å²) in [6.45, 7) is 5.55. The molecule has 0 unspecified atom stereocenters. The van der Waals surface area contributed by atoms with Gasteiger partial charge in [0.25, 0.3) is 0 Å². The van der Waals surface area contributed by atoms with Crippen LogP contribution in [0.1, 0.15) is 26.7 Å². The molecule has 1 aromatic carbocycles. The summed E-state index contributed by atoms with van der Waals surface area (Å²) in [5, 5.41) is 0. The van der Waals surface area contributed by atoms with Gasteiger partial charge in [-0.2, -0.15) is 4.67 Å². The van der Waals surface area contributed by atoms with Crippen LogP contribution >= 0.6 is 7.75 Å². The molecule has 2 rings (SSSR count). The van der Waals surface area contributed by atoms with E-state index in [0.717, 1.165) is 25.9 Å². The quantitative estimate of drug-likeness (QED) is 0.752. The van der Waals surface area contributed by atoms with Gasteiger partial charge in [0.05, 0.1) is 0 Å². The predicted octanol–water partition coefficient (Wildman–Crippen LogP) is 3.69. The summed E-state index contributed by atoms with van der Waals surface area (Å²) in [5.74, 6) is 1.15. The molecule has 0 amide bonds. The van der Waals surface area contributed by atoms with Gasteiger partial charge < -0.3 is 9.05 Å². The van der Waals surface area contributed by atoms with E-state index in [4.69, 9.17) is 9.05 Å². The second-order valence-corrected chi connectivity index (χ2v) is 5.92. The summed E-state index contributed by atoms with van der Waals surface area (Å²) in [5.41, 5.74) is 0. The van der Waals surface area contributed by atoms with Crippen LogP contribution in [0.5, 0.6) is 11.5 Å². The highest BCUT2D eigenvalue weighted by Gasteiger charge is 2.42. The van der Waals surface area contributed by atoms with Gasteiger partial charge in [-0.3, -0.25) is 0 Å². The minimum absolute atomic E-state index is 0.577. The third-order valence-corrected chi connectivity index (χ3v) is 4.53. The Labute approximate surface area is 102 Å². The molecule has 1 aromatic rings. The minimum atomic E-state index is -3.16. The fourth-order valence-corrected chi connectivity index (χ4v) is 3.81. The SMILES string of the molecule is CCCN(CCC)P1(=O)Oc2ccccc2O1. The van der Waals surface area contributed by atoms with Crippen molar-refractivity contribution >= 4 is 7.75 Å².